The average molecular weight is 471 g/mol. The van der Waals surface area contributed by atoms with Crippen LogP contribution in [-0.2, 0) is 15.7 Å². The molecule has 0 bridgehead atoms. The molecule has 6 nitrogen and oxygen atoms in total. The van der Waals surface area contributed by atoms with Gasteiger partial charge < -0.3 is 19.9 Å². The normalized spacial score (nSPS) is 28.3. The molecule has 1 N–H and O–H groups in total. The van der Waals surface area contributed by atoms with Crippen LogP contribution >= 0.6 is 0 Å². The van der Waals surface area contributed by atoms with Crippen molar-refractivity contribution >= 4 is 11.7 Å². The van der Waals surface area contributed by atoms with Gasteiger partial charge in [-0.2, -0.15) is 13.2 Å². The molecule has 9 heteroatoms. The van der Waals surface area contributed by atoms with Gasteiger partial charge in [0, 0.05) is 57.0 Å². The number of pyridine rings is 1. The second kappa shape index (κ2) is 11.5. The van der Waals surface area contributed by atoms with E-state index in [2.05, 4.69) is 17.2 Å². The second-order valence-electron chi connectivity index (χ2n) is 9.03. The average Bonchev–Trinajstić information content (AvgIpc) is 3.30. The number of amides is 1. The van der Waals surface area contributed by atoms with Crippen LogP contribution < -0.4 is 10.2 Å². The number of rotatable bonds is 4. The van der Waals surface area contributed by atoms with Crippen LogP contribution in [0.25, 0.3) is 0 Å². The number of hydrogen-bond donors (Lipinski definition) is 1. The van der Waals surface area contributed by atoms with E-state index in [1.54, 1.807) is 0 Å². The van der Waals surface area contributed by atoms with Crippen LogP contribution in [0.5, 0.6) is 0 Å². The van der Waals surface area contributed by atoms with E-state index < -0.39 is 11.7 Å². The summed E-state index contributed by atoms with van der Waals surface area (Å²) >= 11 is 0. The highest BCUT2D eigenvalue weighted by atomic mass is 19.4. The fourth-order valence-electron chi connectivity index (χ4n) is 4.97. The summed E-state index contributed by atoms with van der Waals surface area (Å²) < 4.78 is 44.4. The van der Waals surface area contributed by atoms with Crippen LogP contribution in [0.3, 0.4) is 0 Å². The van der Waals surface area contributed by atoms with Crippen molar-refractivity contribution in [1.82, 2.24) is 15.2 Å². The zero-order valence-electron chi connectivity index (χ0n) is 19.9. The summed E-state index contributed by atoms with van der Waals surface area (Å²) in [4.78, 5) is 20.8. The lowest BCUT2D eigenvalue weighted by Gasteiger charge is -2.37. The highest BCUT2D eigenvalue weighted by Gasteiger charge is 2.36. The van der Waals surface area contributed by atoms with Crippen molar-refractivity contribution in [3.63, 3.8) is 0 Å². The lowest BCUT2D eigenvalue weighted by atomic mass is 9.96. The first kappa shape index (κ1) is 25.7. The Morgan fingerprint density at radius 1 is 1.15 bits per heavy atom. The predicted octanol–water partition coefficient (Wildman–Crippen LogP) is 3.96. The van der Waals surface area contributed by atoms with Gasteiger partial charge in [-0.3, -0.25) is 4.79 Å². The highest BCUT2D eigenvalue weighted by molar-refractivity contribution is 5.79. The molecular formula is C24H37F3N4O2. The highest BCUT2D eigenvalue weighted by Crippen LogP contribution is 2.32. The first-order chi connectivity index (χ1) is 15.8. The number of nitrogens with one attached hydrogen (secondary N) is 1. The maximum absolute atomic E-state index is 13.0. The second-order valence-corrected chi connectivity index (χ2v) is 9.03. The summed E-state index contributed by atoms with van der Waals surface area (Å²) in [6, 6.07) is 2.89. The van der Waals surface area contributed by atoms with Crippen LogP contribution in [0.1, 0.15) is 52.0 Å². The third-order valence-corrected chi connectivity index (χ3v) is 6.86. The van der Waals surface area contributed by atoms with E-state index in [1.165, 1.54) is 6.20 Å². The molecule has 0 spiro atoms. The number of alkyl halides is 3. The molecule has 1 aromatic heterocycles. The van der Waals surface area contributed by atoms with Gasteiger partial charge in [0.2, 0.25) is 5.91 Å². The van der Waals surface area contributed by atoms with Gasteiger partial charge in [0.15, 0.2) is 0 Å². The monoisotopic (exact) mass is 470 g/mol. The number of halogens is 3. The lowest BCUT2D eigenvalue weighted by molar-refractivity contribution is -0.137. The van der Waals surface area contributed by atoms with Crippen molar-refractivity contribution in [2.75, 3.05) is 44.3 Å². The maximum Gasteiger partial charge on any atom is 0.416 e. The molecule has 0 radical (unpaired) electrons. The van der Waals surface area contributed by atoms with Crippen molar-refractivity contribution in [2.24, 2.45) is 11.8 Å². The smallest absolute Gasteiger partial charge is 0.381 e. The first-order valence-electron chi connectivity index (χ1n) is 12.2. The number of carbonyl (C=O) groups is 1. The first-order valence-corrected chi connectivity index (χ1v) is 12.2. The minimum absolute atomic E-state index is 0.0332. The summed E-state index contributed by atoms with van der Waals surface area (Å²) in [7, 11) is 0. The van der Waals surface area contributed by atoms with Gasteiger partial charge in [0.25, 0.3) is 0 Å². The molecule has 3 fully saturated rings. The molecule has 4 rings (SSSR count). The van der Waals surface area contributed by atoms with Crippen molar-refractivity contribution < 1.29 is 22.7 Å². The third-order valence-electron chi connectivity index (χ3n) is 6.86. The lowest BCUT2D eigenvalue weighted by Crippen LogP contribution is -2.50. The fourth-order valence-corrected chi connectivity index (χ4v) is 4.97. The molecule has 1 aromatic rings. The Bertz CT molecular complexity index is 768. The zero-order valence-corrected chi connectivity index (χ0v) is 19.9. The minimum Gasteiger partial charge on any atom is -0.381 e. The Morgan fingerprint density at radius 3 is 2.55 bits per heavy atom. The molecule has 4 atom stereocenters. The van der Waals surface area contributed by atoms with Crippen molar-refractivity contribution in [1.29, 1.82) is 0 Å². The predicted molar refractivity (Wildman–Crippen MR) is 122 cm³/mol. The molecule has 1 saturated carbocycles. The Kier molecular flexibility index (Phi) is 8.98. The quantitative estimate of drug-likeness (QED) is 0.722. The fraction of sp³-hybridized carbons (Fsp3) is 0.750. The Balaban J connectivity index is 0.00000149. The molecule has 2 saturated heterocycles. The SMILES string of the molecule is CC.CC1COCCC1NC1CCC(C(=O)N2CCN(c3cc(C(F)(F)F)ccn3)CC2)C1. The largest absolute Gasteiger partial charge is 0.416 e. The third kappa shape index (κ3) is 6.59. The van der Waals surface area contributed by atoms with Crippen LogP contribution in [0, 0.1) is 11.8 Å². The number of carbonyl (C=O) groups excluding carboxylic acids is 1. The molecule has 1 aliphatic carbocycles. The van der Waals surface area contributed by atoms with Gasteiger partial charge in [0.1, 0.15) is 5.82 Å². The number of ether oxygens (including phenoxy) is 1. The summed E-state index contributed by atoms with van der Waals surface area (Å²) in [6.45, 7) is 9.81. The number of piperazine rings is 1. The van der Waals surface area contributed by atoms with Gasteiger partial charge in [-0.15, -0.1) is 0 Å². The molecule has 33 heavy (non-hydrogen) atoms. The Labute approximate surface area is 194 Å². The topological polar surface area (TPSA) is 57.7 Å². The summed E-state index contributed by atoms with van der Waals surface area (Å²) in [5.41, 5.74) is -0.695. The molecular weight excluding hydrogens is 433 g/mol. The van der Waals surface area contributed by atoms with E-state index in [1.807, 2.05) is 23.6 Å². The van der Waals surface area contributed by atoms with Gasteiger partial charge >= 0.3 is 6.18 Å². The van der Waals surface area contributed by atoms with Gasteiger partial charge in [-0.25, -0.2) is 4.98 Å². The zero-order chi connectivity index (χ0) is 24.0. The number of anilines is 1. The van der Waals surface area contributed by atoms with Crippen molar-refractivity contribution in [3.05, 3.63) is 23.9 Å². The maximum atomic E-state index is 13.0. The van der Waals surface area contributed by atoms with E-state index in [9.17, 15) is 18.0 Å². The van der Waals surface area contributed by atoms with Gasteiger partial charge in [0.05, 0.1) is 12.2 Å². The van der Waals surface area contributed by atoms with Crippen LogP contribution in [-0.4, -0.2) is 67.3 Å². The van der Waals surface area contributed by atoms with E-state index in [0.717, 1.165) is 51.0 Å². The van der Waals surface area contributed by atoms with E-state index in [-0.39, 0.29) is 11.8 Å². The summed E-state index contributed by atoms with van der Waals surface area (Å²) in [6.07, 6.45) is 0.587. The van der Waals surface area contributed by atoms with Crippen LogP contribution in [0.2, 0.25) is 0 Å². The molecule has 0 aromatic carbocycles. The molecule has 4 unspecified atom stereocenters. The van der Waals surface area contributed by atoms with Gasteiger partial charge in [-0.05, 0) is 43.7 Å². The summed E-state index contributed by atoms with van der Waals surface area (Å²) in [5, 5.41) is 3.74. The van der Waals surface area contributed by atoms with Crippen LogP contribution in [0.15, 0.2) is 18.3 Å². The number of hydrogen-bond acceptors (Lipinski definition) is 5. The van der Waals surface area contributed by atoms with Crippen molar-refractivity contribution in [2.45, 2.75) is 64.7 Å². The van der Waals surface area contributed by atoms with E-state index in [4.69, 9.17) is 4.74 Å². The van der Waals surface area contributed by atoms with Crippen LogP contribution in [0.4, 0.5) is 19.0 Å². The van der Waals surface area contributed by atoms with Gasteiger partial charge in [-0.1, -0.05) is 20.8 Å². The number of aromatic nitrogens is 1. The molecule has 186 valence electrons. The Hall–Kier alpha value is -1.87. The molecule has 3 heterocycles. The molecule has 2 aliphatic heterocycles. The summed E-state index contributed by atoms with van der Waals surface area (Å²) in [5.74, 6) is 1.02. The molecule has 1 amide bonds. The molecule has 3 aliphatic rings. The van der Waals surface area contributed by atoms with Crippen molar-refractivity contribution in [3.8, 4) is 0 Å². The number of nitrogens with zero attached hydrogens (tertiary/aromatic N) is 3. The Morgan fingerprint density at radius 2 is 1.88 bits per heavy atom. The minimum atomic E-state index is -4.38. The standard InChI is InChI=1S/C22H31F3N4O2.C2H6/c1-15-14-31-11-5-19(15)27-18-3-2-16(12-18)21(30)29-9-7-28(8-10-29)20-13-17(4-6-26-20)22(23,24)25;1-2/h4,6,13,15-16,18-19,27H,2-3,5,7-12,14H2,1H3;1-2H3. The van der Waals surface area contributed by atoms with E-state index >= 15 is 0 Å². The van der Waals surface area contributed by atoms with E-state index in [0.29, 0.717) is 50.0 Å².